The van der Waals surface area contributed by atoms with Crippen molar-refractivity contribution >= 4 is 5.91 Å². The molecule has 1 saturated heterocycles. The van der Waals surface area contributed by atoms with Gasteiger partial charge in [0, 0.05) is 0 Å². The third-order valence-electron chi connectivity index (χ3n) is 13.6. The first-order chi connectivity index (χ1) is 31.7. The predicted octanol–water partition coefficient (Wildman–Crippen LogP) is 10.8. The van der Waals surface area contributed by atoms with Crippen LogP contribution in [0.25, 0.3) is 0 Å². The van der Waals surface area contributed by atoms with Crippen LogP contribution in [0.4, 0.5) is 0 Å². The van der Waals surface area contributed by atoms with E-state index < -0.39 is 74.2 Å². The number of allylic oxidation sites excluding steroid dienone is 2. The fourth-order valence-electron chi connectivity index (χ4n) is 9.03. The summed E-state index contributed by atoms with van der Waals surface area (Å²) in [6.07, 6.45) is 38.4. The van der Waals surface area contributed by atoms with Gasteiger partial charge in [0.25, 0.3) is 0 Å². The summed E-state index contributed by atoms with van der Waals surface area (Å²) in [4.78, 5) is 13.1. The van der Waals surface area contributed by atoms with Gasteiger partial charge in [0.2, 0.25) is 5.91 Å². The van der Waals surface area contributed by atoms with Crippen LogP contribution >= 0.6 is 0 Å². The number of carbonyl (C=O) groups is 1. The van der Waals surface area contributed by atoms with Crippen LogP contribution in [0.5, 0.6) is 0 Å². The van der Waals surface area contributed by atoms with E-state index in [4.69, 9.17) is 9.47 Å². The molecule has 11 nitrogen and oxygen atoms in total. The topological polar surface area (TPSA) is 189 Å². The number of amides is 1. The van der Waals surface area contributed by atoms with Gasteiger partial charge in [-0.25, -0.2) is 0 Å². The summed E-state index contributed by atoms with van der Waals surface area (Å²) in [5, 5.41) is 76.0. The molecule has 0 spiro atoms. The van der Waals surface area contributed by atoms with Gasteiger partial charge in [-0.2, -0.15) is 0 Å². The standard InChI is InChI=1S/C54H105NO10/c1-3-5-7-9-11-13-15-17-19-20-21-22-23-24-25-26-28-29-31-33-35-37-39-41-46(57)49(59)45(44-64-54-52(62)51(61)50(60)48(43-56)65-54)55-53(63)47(58)42-40-38-36-34-32-30-27-18-16-14-12-10-8-6-4-2/h33,35,45-52,54,56-62H,3-32,34,36-44H2,1-2H3,(H,55,63)/b35-33+. The first kappa shape index (κ1) is 61.9. The minimum atomic E-state index is -1.66. The Kier molecular flexibility index (Phi) is 42.0. The Labute approximate surface area is 398 Å². The molecule has 11 heteroatoms. The fraction of sp³-hybridized carbons (Fsp3) is 0.944. The number of aliphatic hydroxyl groups excluding tert-OH is 7. The van der Waals surface area contributed by atoms with Crippen molar-refractivity contribution in [3.8, 4) is 0 Å². The molecule has 1 heterocycles. The van der Waals surface area contributed by atoms with Crippen LogP contribution in [0.15, 0.2) is 12.2 Å². The monoisotopic (exact) mass is 928 g/mol. The van der Waals surface area contributed by atoms with E-state index in [1.54, 1.807) is 0 Å². The van der Waals surface area contributed by atoms with Crippen molar-refractivity contribution in [3.63, 3.8) is 0 Å². The van der Waals surface area contributed by atoms with Crippen LogP contribution in [-0.4, -0.2) is 110 Å². The Balaban J connectivity index is 2.35. The summed E-state index contributed by atoms with van der Waals surface area (Å²) < 4.78 is 11.1. The normalized spacial score (nSPS) is 20.9. The molecule has 0 saturated carbocycles. The highest BCUT2D eigenvalue weighted by molar-refractivity contribution is 5.80. The van der Waals surface area contributed by atoms with E-state index in [0.717, 1.165) is 38.5 Å². The minimum absolute atomic E-state index is 0.259. The maximum Gasteiger partial charge on any atom is 0.249 e. The van der Waals surface area contributed by atoms with Gasteiger partial charge < -0.3 is 50.5 Å². The summed E-state index contributed by atoms with van der Waals surface area (Å²) in [5.74, 6) is -0.702. The maximum atomic E-state index is 13.1. The van der Waals surface area contributed by atoms with E-state index in [2.05, 4.69) is 31.3 Å². The van der Waals surface area contributed by atoms with Crippen LogP contribution in [0.3, 0.4) is 0 Å². The van der Waals surface area contributed by atoms with Gasteiger partial charge in [-0.15, -0.1) is 0 Å². The van der Waals surface area contributed by atoms with E-state index in [1.165, 1.54) is 180 Å². The first-order valence-electron chi connectivity index (χ1n) is 27.6. The molecule has 9 unspecified atom stereocenters. The second kappa shape index (κ2) is 44.1. The highest BCUT2D eigenvalue weighted by Gasteiger charge is 2.44. The molecule has 1 aliphatic heterocycles. The molecule has 1 amide bonds. The maximum absolute atomic E-state index is 13.1. The van der Waals surface area contributed by atoms with Crippen molar-refractivity contribution in [2.24, 2.45) is 0 Å². The molecular formula is C54H105NO10. The molecule has 0 aromatic heterocycles. The summed E-state index contributed by atoms with van der Waals surface area (Å²) >= 11 is 0. The highest BCUT2D eigenvalue weighted by atomic mass is 16.7. The quantitative estimate of drug-likeness (QED) is 0.0215. The van der Waals surface area contributed by atoms with Crippen molar-refractivity contribution in [1.82, 2.24) is 5.32 Å². The zero-order chi connectivity index (χ0) is 47.6. The van der Waals surface area contributed by atoms with Crippen molar-refractivity contribution in [2.45, 2.75) is 313 Å². The molecule has 9 atom stereocenters. The highest BCUT2D eigenvalue weighted by Crippen LogP contribution is 2.23. The molecule has 0 aromatic rings. The Bertz CT molecular complexity index is 1060. The van der Waals surface area contributed by atoms with E-state index in [1.807, 2.05) is 0 Å². The molecule has 0 aromatic carbocycles. The zero-order valence-corrected chi connectivity index (χ0v) is 42.0. The lowest BCUT2D eigenvalue weighted by atomic mass is 9.98. The second-order valence-corrected chi connectivity index (χ2v) is 19.7. The minimum Gasteiger partial charge on any atom is -0.394 e. The molecule has 1 rings (SSSR count). The predicted molar refractivity (Wildman–Crippen MR) is 266 cm³/mol. The summed E-state index contributed by atoms with van der Waals surface area (Å²) in [6.45, 7) is 3.46. The zero-order valence-electron chi connectivity index (χ0n) is 42.0. The lowest BCUT2D eigenvalue weighted by Crippen LogP contribution is -2.60. The second-order valence-electron chi connectivity index (χ2n) is 19.7. The Morgan fingerprint density at radius 3 is 1.32 bits per heavy atom. The Morgan fingerprint density at radius 2 is 0.908 bits per heavy atom. The van der Waals surface area contributed by atoms with E-state index in [0.29, 0.717) is 12.8 Å². The average molecular weight is 928 g/mol. The molecule has 386 valence electrons. The third-order valence-corrected chi connectivity index (χ3v) is 13.6. The summed E-state index contributed by atoms with van der Waals surface area (Å²) in [5.41, 5.74) is 0. The summed E-state index contributed by atoms with van der Waals surface area (Å²) in [7, 11) is 0. The van der Waals surface area contributed by atoms with Gasteiger partial charge in [-0.1, -0.05) is 231 Å². The molecule has 1 fully saturated rings. The molecular weight excluding hydrogens is 823 g/mol. The van der Waals surface area contributed by atoms with Gasteiger partial charge in [-0.05, 0) is 38.5 Å². The van der Waals surface area contributed by atoms with Crippen molar-refractivity contribution in [3.05, 3.63) is 12.2 Å². The molecule has 0 bridgehead atoms. The van der Waals surface area contributed by atoms with Crippen LogP contribution < -0.4 is 5.32 Å². The van der Waals surface area contributed by atoms with Gasteiger partial charge in [0.05, 0.1) is 25.4 Å². The molecule has 1 aliphatic rings. The van der Waals surface area contributed by atoms with Crippen LogP contribution in [-0.2, 0) is 14.3 Å². The first-order valence-corrected chi connectivity index (χ1v) is 27.6. The fourth-order valence-corrected chi connectivity index (χ4v) is 9.03. The smallest absolute Gasteiger partial charge is 0.249 e. The molecule has 0 radical (unpaired) electrons. The average Bonchev–Trinajstić information content (AvgIpc) is 3.31. The molecule has 0 aliphatic carbocycles. The number of rotatable bonds is 47. The van der Waals surface area contributed by atoms with Gasteiger partial charge in [0.15, 0.2) is 6.29 Å². The number of unbranched alkanes of at least 4 members (excludes halogenated alkanes) is 33. The van der Waals surface area contributed by atoms with Crippen LogP contribution in [0.2, 0.25) is 0 Å². The lowest BCUT2D eigenvalue weighted by Gasteiger charge is -2.40. The third kappa shape index (κ3) is 33.1. The number of nitrogens with one attached hydrogen (secondary N) is 1. The van der Waals surface area contributed by atoms with Crippen molar-refractivity contribution in [1.29, 1.82) is 0 Å². The van der Waals surface area contributed by atoms with E-state index in [-0.39, 0.29) is 12.8 Å². The number of carbonyl (C=O) groups excluding carboxylic acids is 1. The van der Waals surface area contributed by atoms with Crippen molar-refractivity contribution < 1.29 is 50.0 Å². The Morgan fingerprint density at radius 1 is 0.523 bits per heavy atom. The van der Waals surface area contributed by atoms with Crippen molar-refractivity contribution in [2.75, 3.05) is 13.2 Å². The molecule has 65 heavy (non-hydrogen) atoms. The van der Waals surface area contributed by atoms with Gasteiger partial charge >= 0.3 is 0 Å². The van der Waals surface area contributed by atoms with Gasteiger partial charge in [-0.3, -0.25) is 4.79 Å². The van der Waals surface area contributed by atoms with E-state index in [9.17, 15) is 40.5 Å². The number of ether oxygens (including phenoxy) is 2. The number of aliphatic hydroxyl groups is 7. The lowest BCUT2D eigenvalue weighted by molar-refractivity contribution is -0.303. The number of hydrogen-bond acceptors (Lipinski definition) is 10. The van der Waals surface area contributed by atoms with Crippen LogP contribution in [0, 0.1) is 0 Å². The SMILES string of the molecule is CCCCCCCCCCCCCCCCCCCC/C=C/CCCC(O)C(O)C(COC1OC(CO)C(O)C(O)C1O)NC(=O)C(O)CCCCCCCCCCCCCCCCC. The number of hydrogen-bond donors (Lipinski definition) is 8. The molecule has 8 N–H and O–H groups in total. The van der Waals surface area contributed by atoms with Gasteiger partial charge in [0.1, 0.15) is 36.6 Å². The Hall–Kier alpha value is -1.15. The largest absolute Gasteiger partial charge is 0.394 e. The van der Waals surface area contributed by atoms with E-state index >= 15 is 0 Å². The van der Waals surface area contributed by atoms with Crippen LogP contribution in [0.1, 0.15) is 258 Å². The summed E-state index contributed by atoms with van der Waals surface area (Å²) in [6, 6.07) is -1.18.